The maximum absolute atomic E-state index is 10.3. The predicted octanol–water partition coefficient (Wildman–Crippen LogP) is 9.61. The van der Waals surface area contributed by atoms with Crippen molar-refractivity contribution in [1.29, 1.82) is 0 Å². The van der Waals surface area contributed by atoms with Gasteiger partial charge in [0.1, 0.15) is 6.10 Å². The Morgan fingerprint density at radius 2 is 0.868 bits per heavy atom. The molecule has 3 N–H and O–H groups in total. The number of carboxylic acids is 1. The second kappa shape index (κ2) is 36.4. The number of aliphatic carboxylic acids is 1. The van der Waals surface area contributed by atoms with E-state index >= 15 is 0 Å². The number of aliphatic hydroxyl groups excluding tert-OH is 2. The van der Waals surface area contributed by atoms with Crippen LogP contribution in [0.5, 0.6) is 0 Å². The second-order valence-electron chi connectivity index (χ2n) is 11.2. The normalized spacial score (nSPS) is 11.8. The highest BCUT2D eigenvalue weighted by Crippen LogP contribution is 2.14. The van der Waals surface area contributed by atoms with Gasteiger partial charge in [-0.05, 0) is 12.8 Å². The quantitative estimate of drug-likeness (QED) is 0.0783. The van der Waals surface area contributed by atoms with Crippen LogP contribution < -0.4 is 0 Å². The van der Waals surface area contributed by atoms with Crippen molar-refractivity contribution in [2.75, 3.05) is 19.8 Å². The molecule has 0 amide bonds. The van der Waals surface area contributed by atoms with Gasteiger partial charge in [-0.1, -0.05) is 162 Å². The number of aliphatic hydroxyl groups is 2. The Hall–Kier alpha value is -0.650. The minimum atomic E-state index is -0.715. The van der Waals surface area contributed by atoms with Gasteiger partial charge in [-0.2, -0.15) is 0 Å². The summed E-state index contributed by atoms with van der Waals surface area (Å²) in [5.41, 5.74) is 0. The first-order valence-corrected chi connectivity index (χ1v) is 16.7. The lowest BCUT2D eigenvalue weighted by molar-refractivity contribution is -0.137. The highest BCUT2D eigenvalue weighted by molar-refractivity contribution is 5.66. The van der Waals surface area contributed by atoms with Crippen molar-refractivity contribution in [3.63, 3.8) is 0 Å². The zero-order chi connectivity index (χ0) is 28.4. The molecule has 0 aromatic rings. The molecule has 0 aliphatic heterocycles. The van der Waals surface area contributed by atoms with Crippen LogP contribution in [0.2, 0.25) is 0 Å². The fourth-order valence-electron chi connectivity index (χ4n) is 4.61. The Labute approximate surface area is 237 Å². The number of unbranched alkanes of at least 4 members (excludes halogenated alkanes) is 23. The summed E-state index contributed by atoms with van der Waals surface area (Å²) in [7, 11) is 0. The summed E-state index contributed by atoms with van der Waals surface area (Å²) in [5, 5.41) is 26.1. The lowest BCUT2D eigenvalue weighted by Gasteiger charge is -2.07. The molecule has 5 nitrogen and oxygen atoms in total. The molecule has 0 radical (unpaired) electrons. The molecular formula is C33H68O5. The molecule has 0 saturated carbocycles. The third kappa shape index (κ3) is 39.9. The molecule has 0 aliphatic rings. The standard InChI is InChI=1S/C18H36O2.C15H32O3/c1-2-3-4-5-6-7-8-9-10-11-12-13-14-15-16-17-18(19)20;1-2-3-4-5-6-7-8-9-10-11-12-18-14-15(17)13-16/h2-17H2,1H3,(H,19,20);15-17H,2-14H2,1H3. The fraction of sp³-hybridized carbons (Fsp3) is 0.970. The van der Waals surface area contributed by atoms with Crippen molar-refractivity contribution in [2.45, 2.75) is 187 Å². The molecule has 1 unspecified atom stereocenters. The number of hydrogen-bond acceptors (Lipinski definition) is 4. The molecule has 38 heavy (non-hydrogen) atoms. The average molecular weight is 545 g/mol. The summed E-state index contributed by atoms with van der Waals surface area (Å²) < 4.78 is 5.25. The maximum Gasteiger partial charge on any atom is 0.303 e. The van der Waals surface area contributed by atoms with E-state index in [-0.39, 0.29) is 13.2 Å². The van der Waals surface area contributed by atoms with Crippen LogP contribution in [0.4, 0.5) is 0 Å². The Kier molecular flexibility index (Phi) is 37.8. The molecule has 0 fully saturated rings. The minimum Gasteiger partial charge on any atom is -0.481 e. The van der Waals surface area contributed by atoms with Crippen LogP contribution in [0.1, 0.15) is 181 Å². The predicted molar refractivity (Wildman–Crippen MR) is 163 cm³/mol. The molecule has 0 saturated heterocycles. The first-order chi connectivity index (χ1) is 18.6. The number of ether oxygens (including phenoxy) is 1. The van der Waals surface area contributed by atoms with E-state index in [1.807, 2.05) is 0 Å². The van der Waals surface area contributed by atoms with E-state index in [0.29, 0.717) is 13.0 Å². The lowest BCUT2D eigenvalue weighted by Crippen LogP contribution is -2.19. The van der Waals surface area contributed by atoms with Crippen molar-refractivity contribution in [3.8, 4) is 0 Å². The number of carbonyl (C=O) groups is 1. The summed E-state index contributed by atoms with van der Waals surface area (Å²) in [4.78, 5) is 10.3. The van der Waals surface area contributed by atoms with E-state index in [1.165, 1.54) is 141 Å². The summed E-state index contributed by atoms with van der Waals surface area (Å²) in [6.45, 7) is 5.27. The molecular weight excluding hydrogens is 476 g/mol. The Morgan fingerprint density at radius 3 is 1.18 bits per heavy atom. The molecule has 0 bridgehead atoms. The van der Waals surface area contributed by atoms with Crippen molar-refractivity contribution in [3.05, 3.63) is 0 Å². The molecule has 0 aromatic carbocycles. The molecule has 0 aliphatic carbocycles. The van der Waals surface area contributed by atoms with Crippen molar-refractivity contribution >= 4 is 5.97 Å². The van der Waals surface area contributed by atoms with Crippen LogP contribution in [0.15, 0.2) is 0 Å². The van der Waals surface area contributed by atoms with Gasteiger partial charge in [0.25, 0.3) is 0 Å². The van der Waals surface area contributed by atoms with E-state index in [0.717, 1.165) is 19.3 Å². The molecule has 5 heteroatoms. The van der Waals surface area contributed by atoms with Crippen molar-refractivity contribution < 1.29 is 24.9 Å². The number of rotatable bonds is 30. The van der Waals surface area contributed by atoms with Gasteiger partial charge in [0.2, 0.25) is 0 Å². The Balaban J connectivity index is 0. The molecule has 0 aromatic heterocycles. The van der Waals surface area contributed by atoms with E-state index in [9.17, 15) is 4.79 Å². The summed E-state index contributed by atoms with van der Waals surface area (Å²) in [5.74, 6) is -0.653. The summed E-state index contributed by atoms with van der Waals surface area (Å²) in [6, 6.07) is 0. The van der Waals surface area contributed by atoms with E-state index < -0.39 is 12.1 Å². The average Bonchev–Trinajstić information content (AvgIpc) is 2.91. The van der Waals surface area contributed by atoms with Gasteiger partial charge in [-0.3, -0.25) is 4.79 Å². The smallest absolute Gasteiger partial charge is 0.303 e. The van der Waals surface area contributed by atoms with Gasteiger partial charge in [-0.25, -0.2) is 0 Å². The number of carboxylic acid groups (broad SMARTS) is 1. The van der Waals surface area contributed by atoms with Gasteiger partial charge in [0.15, 0.2) is 0 Å². The van der Waals surface area contributed by atoms with Crippen LogP contribution in [0, 0.1) is 0 Å². The molecule has 0 spiro atoms. The maximum atomic E-state index is 10.3. The number of hydrogen-bond donors (Lipinski definition) is 3. The highest BCUT2D eigenvalue weighted by atomic mass is 16.5. The minimum absolute atomic E-state index is 0.210. The van der Waals surface area contributed by atoms with E-state index in [1.54, 1.807) is 0 Å². The van der Waals surface area contributed by atoms with Crippen LogP contribution >= 0.6 is 0 Å². The first kappa shape index (κ1) is 39.5. The SMILES string of the molecule is CCCCCCCCCCCCCCCCCC(=O)O.CCCCCCCCCCCCOCC(O)CO. The van der Waals surface area contributed by atoms with Crippen LogP contribution in [0.25, 0.3) is 0 Å². The molecule has 230 valence electrons. The lowest BCUT2D eigenvalue weighted by atomic mass is 10.0. The topological polar surface area (TPSA) is 87.0 Å². The monoisotopic (exact) mass is 545 g/mol. The molecule has 1 atom stereocenters. The van der Waals surface area contributed by atoms with Crippen molar-refractivity contribution in [2.24, 2.45) is 0 Å². The van der Waals surface area contributed by atoms with Crippen LogP contribution in [-0.2, 0) is 9.53 Å². The second-order valence-corrected chi connectivity index (χ2v) is 11.2. The fourth-order valence-corrected chi connectivity index (χ4v) is 4.61. The van der Waals surface area contributed by atoms with Gasteiger partial charge < -0.3 is 20.1 Å². The van der Waals surface area contributed by atoms with E-state index in [2.05, 4.69) is 13.8 Å². The van der Waals surface area contributed by atoms with Gasteiger partial charge in [0.05, 0.1) is 13.2 Å². The zero-order valence-corrected chi connectivity index (χ0v) is 25.7. The molecule has 0 heterocycles. The van der Waals surface area contributed by atoms with Crippen LogP contribution in [0.3, 0.4) is 0 Å². The Bertz CT molecular complexity index is 430. The third-order valence-corrected chi connectivity index (χ3v) is 7.16. The first-order valence-electron chi connectivity index (χ1n) is 16.7. The summed E-state index contributed by atoms with van der Waals surface area (Å²) in [6.07, 6.45) is 32.7. The van der Waals surface area contributed by atoms with E-state index in [4.69, 9.17) is 20.1 Å². The largest absolute Gasteiger partial charge is 0.481 e. The van der Waals surface area contributed by atoms with Crippen molar-refractivity contribution in [1.82, 2.24) is 0 Å². The zero-order valence-electron chi connectivity index (χ0n) is 25.7. The highest BCUT2D eigenvalue weighted by Gasteiger charge is 2.01. The third-order valence-electron chi connectivity index (χ3n) is 7.16. The van der Waals surface area contributed by atoms with Gasteiger partial charge >= 0.3 is 5.97 Å². The summed E-state index contributed by atoms with van der Waals surface area (Å²) >= 11 is 0. The molecule has 0 rings (SSSR count). The Morgan fingerprint density at radius 1 is 0.553 bits per heavy atom. The van der Waals surface area contributed by atoms with Gasteiger partial charge in [0, 0.05) is 13.0 Å². The van der Waals surface area contributed by atoms with Crippen LogP contribution in [-0.4, -0.2) is 47.2 Å². The van der Waals surface area contributed by atoms with Gasteiger partial charge in [-0.15, -0.1) is 0 Å².